The molecule has 1 aliphatic heterocycles. The maximum atomic E-state index is 13.6. The number of thioether (sulfide) groups is 1. The monoisotopic (exact) mass is 638 g/mol. The number of ether oxygens (including phenoxy) is 1. The van der Waals surface area contributed by atoms with Crippen molar-refractivity contribution in [1.82, 2.24) is 4.90 Å². The molecule has 214 valence electrons. The molecule has 0 bridgehead atoms. The Balaban J connectivity index is 1.45. The Kier molecular flexibility index (Phi) is 9.23. The van der Waals surface area contributed by atoms with E-state index in [0.29, 0.717) is 33.7 Å². The first kappa shape index (κ1) is 29.7. The van der Waals surface area contributed by atoms with Crippen molar-refractivity contribution in [3.63, 3.8) is 0 Å². The Bertz CT molecular complexity index is 1760. The fraction of sp³-hybridized carbons (Fsp3) is 0.0968. The summed E-state index contributed by atoms with van der Waals surface area (Å²) in [6, 6.07) is 28.1. The van der Waals surface area contributed by atoms with Gasteiger partial charge in [-0.15, -0.1) is 0 Å². The number of amidine groups is 1. The van der Waals surface area contributed by atoms with Gasteiger partial charge in [-0.3, -0.25) is 14.7 Å². The summed E-state index contributed by atoms with van der Waals surface area (Å²) < 4.78 is 36.5. The molecular weight excluding hydrogens is 615 g/mol. The number of nitrogens with zero attached hydrogens (tertiary/aromatic N) is 2. The molecule has 0 spiro atoms. The first-order valence-electron chi connectivity index (χ1n) is 12.6. The predicted octanol–water partition coefficient (Wildman–Crippen LogP) is 7.44. The van der Waals surface area contributed by atoms with Crippen molar-refractivity contribution in [2.24, 2.45) is 4.99 Å². The van der Waals surface area contributed by atoms with Crippen LogP contribution >= 0.6 is 35.0 Å². The Hall–Kier alpha value is -3.76. The molecule has 0 aliphatic carbocycles. The summed E-state index contributed by atoms with van der Waals surface area (Å²) in [6.07, 6.45) is 1.67. The lowest BCUT2D eigenvalue weighted by Gasteiger charge is -2.15. The zero-order valence-electron chi connectivity index (χ0n) is 22.2. The van der Waals surface area contributed by atoms with Gasteiger partial charge < -0.3 is 8.92 Å². The van der Waals surface area contributed by atoms with Crippen molar-refractivity contribution in [3.05, 3.63) is 129 Å². The van der Waals surface area contributed by atoms with Crippen molar-refractivity contribution in [2.45, 2.75) is 18.0 Å². The van der Waals surface area contributed by atoms with Crippen LogP contribution in [0.5, 0.6) is 11.5 Å². The minimum Gasteiger partial charge on any atom is -0.493 e. The summed E-state index contributed by atoms with van der Waals surface area (Å²) in [4.78, 5) is 20.3. The lowest BCUT2D eigenvalue weighted by Crippen LogP contribution is -2.28. The Labute approximate surface area is 258 Å². The van der Waals surface area contributed by atoms with Gasteiger partial charge in [-0.25, -0.2) is 0 Å². The molecule has 0 N–H and O–H groups in total. The smallest absolute Gasteiger partial charge is 0.339 e. The molecule has 11 heteroatoms. The summed E-state index contributed by atoms with van der Waals surface area (Å²) in [5, 5.41) is 0.955. The molecule has 1 amide bonds. The molecule has 4 aromatic rings. The molecule has 1 saturated heterocycles. The Morgan fingerprint density at radius 2 is 1.55 bits per heavy atom. The predicted molar refractivity (Wildman–Crippen MR) is 167 cm³/mol. The molecular formula is C31H24Cl2N2O5S2. The number of rotatable bonds is 9. The Morgan fingerprint density at radius 3 is 2.19 bits per heavy atom. The van der Waals surface area contributed by atoms with Crippen LogP contribution < -0.4 is 8.92 Å². The number of carbonyl (C=O) groups is 1. The second-order valence-electron chi connectivity index (χ2n) is 9.10. The van der Waals surface area contributed by atoms with Gasteiger partial charge in [-0.2, -0.15) is 8.42 Å². The third kappa shape index (κ3) is 6.99. The fourth-order valence-corrected chi connectivity index (χ4v) is 6.45. The van der Waals surface area contributed by atoms with E-state index in [4.69, 9.17) is 37.1 Å². The molecule has 1 heterocycles. The van der Waals surface area contributed by atoms with Gasteiger partial charge in [0.05, 0.1) is 30.1 Å². The number of aliphatic imine (C=N–C) groups is 1. The highest BCUT2D eigenvalue weighted by Gasteiger charge is 2.33. The van der Waals surface area contributed by atoms with E-state index >= 15 is 0 Å². The van der Waals surface area contributed by atoms with Crippen LogP contribution in [0.2, 0.25) is 10.0 Å². The van der Waals surface area contributed by atoms with Crippen molar-refractivity contribution < 1.29 is 22.1 Å². The van der Waals surface area contributed by atoms with Gasteiger partial charge >= 0.3 is 10.1 Å². The van der Waals surface area contributed by atoms with Crippen LogP contribution in [0.1, 0.15) is 16.7 Å². The topological polar surface area (TPSA) is 85.3 Å². The van der Waals surface area contributed by atoms with Gasteiger partial charge in [0.1, 0.15) is 4.90 Å². The third-order valence-electron chi connectivity index (χ3n) is 6.16. The van der Waals surface area contributed by atoms with E-state index in [-0.39, 0.29) is 27.3 Å². The number of methoxy groups -OCH3 is 1. The minimum atomic E-state index is -4.22. The van der Waals surface area contributed by atoms with Gasteiger partial charge in [-0.1, -0.05) is 83.9 Å². The number of benzene rings is 4. The van der Waals surface area contributed by atoms with E-state index in [0.717, 1.165) is 11.1 Å². The van der Waals surface area contributed by atoms with Crippen LogP contribution in [-0.2, 0) is 28.0 Å². The molecule has 0 saturated carbocycles. The minimum absolute atomic E-state index is 0.00621. The second-order valence-corrected chi connectivity index (χ2v) is 12.5. The number of hydrogen-bond acceptors (Lipinski definition) is 7. The maximum Gasteiger partial charge on any atom is 0.339 e. The lowest BCUT2D eigenvalue weighted by atomic mass is 10.1. The third-order valence-corrected chi connectivity index (χ3v) is 8.97. The number of hydrogen-bond donors (Lipinski definition) is 0. The molecule has 0 unspecified atom stereocenters. The standard InChI is InChI=1S/C31H24Cl2N2O5S2/c1-39-27-17-23(16-26(33)29(27)40-42(37,38)25-14-12-24(32)13-15-25)18-28-30(36)35(20-22-10-6-3-7-11-22)31(41-28)34-19-21-8-4-2-5-9-21/h2-18H,19-20H2,1H3/b28-18+,34-31?. The van der Waals surface area contributed by atoms with Crippen LogP contribution in [-0.4, -0.2) is 31.5 Å². The second kappa shape index (κ2) is 13.0. The van der Waals surface area contributed by atoms with Crippen molar-refractivity contribution in [2.75, 3.05) is 7.11 Å². The van der Waals surface area contributed by atoms with E-state index in [1.165, 1.54) is 49.2 Å². The number of amides is 1. The zero-order chi connectivity index (χ0) is 29.7. The highest BCUT2D eigenvalue weighted by Crippen LogP contribution is 2.40. The van der Waals surface area contributed by atoms with E-state index < -0.39 is 10.1 Å². The van der Waals surface area contributed by atoms with Crippen LogP contribution in [0, 0.1) is 0 Å². The average molecular weight is 640 g/mol. The molecule has 5 rings (SSSR count). The van der Waals surface area contributed by atoms with Crippen LogP contribution in [0.4, 0.5) is 0 Å². The highest BCUT2D eigenvalue weighted by atomic mass is 35.5. The van der Waals surface area contributed by atoms with Crippen LogP contribution in [0.15, 0.2) is 112 Å². The van der Waals surface area contributed by atoms with Crippen molar-refractivity contribution in [1.29, 1.82) is 0 Å². The summed E-state index contributed by atoms with van der Waals surface area (Å²) in [5.41, 5.74) is 2.51. The SMILES string of the molecule is COc1cc(/C=C2/SC(=NCc3ccccc3)N(Cc3ccccc3)C2=O)cc(Cl)c1OS(=O)(=O)c1ccc(Cl)cc1. The fourth-order valence-electron chi connectivity index (χ4n) is 4.09. The quantitative estimate of drug-likeness (QED) is 0.140. The molecule has 42 heavy (non-hydrogen) atoms. The zero-order valence-corrected chi connectivity index (χ0v) is 25.4. The average Bonchev–Trinajstić information content (AvgIpc) is 3.27. The van der Waals surface area contributed by atoms with E-state index in [9.17, 15) is 13.2 Å². The van der Waals surface area contributed by atoms with Gasteiger partial charge in [-0.05, 0) is 70.9 Å². The number of halogens is 2. The van der Waals surface area contributed by atoms with Crippen molar-refractivity contribution >= 4 is 62.2 Å². The summed E-state index contributed by atoms with van der Waals surface area (Å²) >= 11 is 13.6. The first-order chi connectivity index (χ1) is 20.2. The van der Waals surface area contributed by atoms with Crippen LogP contribution in [0.25, 0.3) is 6.08 Å². The largest absolute Gasteiger partial charge is 0.493 e. The molecule has 0 atom stereocenters. The molecule has 1 fully saturated rings. The van der Waals surface area contributed by atoms with Gasteiger partial charge in [0.25, 0.3) is 5.91 Å². The van der Waals surface area contributed by atoms with E-state index in [1.807, 2.05) is 60.7 Å². The first-order valence-corrected chi connectivity index (χ1v) is 15.6. The van der Waals surface area contributed by atoms with Crippen LogP contribution in [0.3, 0.4) is 0 Å². The van der Waals surface area contributed by atoms with Gasteiger partial charge in [0.2, 0.25) is 5.75 Å². The summed E-state index contributed by atoms with van der Waals surface area (Å²) in [5.74, 6) is -0.296. The lowest BCUT2D eigenvalue weighted by molar-refractivity contribution is -0.122. The highest BCUT2D eigenvalue weighted by molar-refractivity contribution is 8.18. The molecule has 1 aliphatic rings. The van der Waals surface area contributed by atoms with E-state index in [2.05, 4.69) is 0 Å². The molecule has 0 radical (unpaired) electrons. The van der Waals surface area contributed by atoms with Gasteiger partial charge in [0, 0.05) is 5.02 Å². The molecule has 4 aromatic carbocycles. The summed E-state index contributed by atoms with van der Waals surface area (Å²) in [7, 11) is -2.85. The van der Waals surface area contributed by atoms with Crippen molar-refractivity contribution in [3.8, 4) is 11.5 Å². The van der Waals surface area contributed by atoms with E-state index in [1.54, 1.807) is 17.0 Å². The summed E-state index contributed by atoms with van der Waals surface area (Å²) in [6.45, 7) is 0.778. The normalized spacial score (nSPS) is 15.4. The molecule has 7 nitrogen and oxygen atoms in total. The molecule has 0 aromatic heterocycles. The van der Waals surface area contributed by atoms with Gasteiger partial charge in [0.15, 0.2) is 10.9 Å². The number of carbonyl (C=O) groups excluding carboxylic acids is 1. The Morgan fingerprint density at radius 1 is 0.905 bits per heavy atom. The maximum absolute atomic E-state index is 13.6.